The molecule has 0 N–H and O–H groups in total. The smallest absolute Gasteiger partial charge is 0.0786 e. The van der Waals surface area contributed by atoms with E-state index in [1.54, 1.807) is 0 Å². The van der Waals surface area contributed by atoms with Crippen LogP contribution >= 0.6 is 0 Å². The van der Waals surface area contributed by atoms with Gasteiger partial charge in [-0.25, -0.2) is 0 Å². The summed E-state index contributed by atoms with van der Waals surface area (Å²) in [7, 11) is 0. The zero-order valence-electron chi connectivity index (χ0n) is 79.9. The molecular weight excluding hydrogens is 1350 g/mol. The number of quaternary nitrogens is 6. The molecule has 0 aliphatic rings. The van der Waals surface area contributed by atoms with Crippen LogP contribution in [0.1, 0.15) is 474 Å². The second-order valence-electron chi connectivity index (χ2n) is 33.9. The second-order valence-corrected chi connectivity index (χ2v) is 33.9. The molecule has 0 rings (SSSR count). The molecule has 0 aliphatic carbocycles. The van der Waals surface area contributed by atoms with Gasteiger partial charge >= 0.3 is 0 Å². The summed E-state index contributed by atoms with van der Waals surface area (Å²) in [6.45, 7) is 90.1. The molecule has 0 saturated carbocycles. The van der Waals surface area contributed by atoms with Gasteiger partial charge in [-0.15, -0.1) is 0 Å². The average molecular weight is 1570 g/mol. The standard InChI is InChI=1S/6C16H36N.6FH/c6*1-5-9-13-17(14-10-6-2,15-11-7-3)16-12-8-4;;;;;;/h6*5-16H2,1-4H3;6*1H/q6*+1;;;;;;/p-6. The Morgan fingerprint density at radius 3 is 0.148 bits per heavy atom. The van der Waals surface area contributed by atoms with Gasteiger partial charge in [-0.05, 0) is 154 Å². The SMILES string of the molecule is CCCC[N+](CCCC)(CCCC)CCCC.CCCC[N+](CCCC)(CCCC)CCCC.CCCC[N+](CCCC)(CCCC)CCCC.CCCC[N+](CCCC)(CCCC)CCCC.CCCC[N+](CCCC)(CCCC)CCCC.CCCC[N+](CCCC)(CCCC)CCCC.[F-].[F-].[F-].[F-].[F-].[F-]. The number of unbranched alkanes of at least 4 members (excludes halogenated alkanes) is 24. The lowest BCUT2D eigenvalue weighted by Crippen LogP contribution is -3.00. The molecule has 0 bridgehead atoms. The van der Waals surface area contributed by atoms with Crippen LogP contribution in [-0.4, -0.2) is 184 Å². The van der Waals surface area contributed by atoms with E-state index in [0.29, 0.717) is 0 Å². The van der Waals surface area contributed by atoms with Crippen molar-refractivity contribution < 1.29 is 55.1 Å². The van der Waals surface area contributed by atoms with Crippen LogP contribution in [0.15, 0.2) is 0 Å². The predicted octanol–water partition coefficient (Wildman–Crippen LogP) is 12.0. The van der Waals surface area contributed by atoms with Crippen molar-refractivity contribution in [2.24, 2.45) is 0 Å². The summed E-state index contributed by atoms with van der Waals surface area (Å²) in [5, 5.41) is 0. The van der Waals surface area contributed by atoms with E-state index >= 15 is 0 Å². The van der Waals surface area contributed by atoms with Crippen LogP contribution < -0.4 is 28.2 Å². The highest BCUT2D eigenvalue weighted by atomic mass is 19.0. The van der Waals surface area contributed by atoms with E-state index in [1.165, 1.54) is 492 Å². The van der Waals surface area contributed by atoms with Crippen LogP contribution in [0.4, 0.5) is 0 Å². The first kappa shape index (κ1) is 134. The van der Waals surface area contributed by atoms with Gasteiger partial charge in [0.2, 0.25) is 0 Å². The first-order valence-electron chi connectivity index (χ1n) is 48.6. The third-order valence-corrected chi connectivity index (χ3v) is 23.7. The first-order chi connectivity index (χ1) is 49.5. The molecule has 0 aliphatic heterocycles. The Morgan fingerprint density at radius 1 is 0.0833 bits per heavy atom. The fourth-order valence-corrected chi connectivity index (χ4v) is 15.9. The van der Waals surface area contributed by atoms with E-state index in [2.05, 4.69) is 166 Å². The molecule has 0 radical (unpaired) electrons. The molecule has 0 saturated heterocycles. The Labute approximate surface area is 683 Å². The lowest BCUT2D eigenvalue weighted by atomic mass is 10.1. The molecule has 0 atom stereocenters. The summed E-state index contributed by atoms with van der Waals surface area (Å²) < 4.78 is 8.52. The third-order valence-electron chi connectivity index (χ3n) is 23.7. The minimum absolute atomic E-state index is 0. The summed E-state index contributed by atoms with van der Waals surface area (Å²) in [6.07, 6.45) is 66.4. The van der Waals surface area contributed by atoms with Gasteiger partial charge in [0.1, 0.15) is 0 Å². The van der Waals surface area contributed by atoms with E-state index in [-0.39, 0.29) is 28.2 Å². The fourth-order valence-electron chi connectivity index (χ4n) is 15.9. The van der Waals surface area contributed by atoms with Crippen LogP contribution in [0.5, 0.6) is 0 Å². The van der Waals surface area contributed by atoms with Gasteiger partial charge in [0, 0.05) is 0 Å². The number of rotatable bonds is 72. The molecule has 0 spiro atoms. The Balaban J connectivity index is -0.000000101. The maximum atomic E-state index is 2.33. The third kappa shape index (κ3) is 80.5. The van der Waals surface area contributed by atoms with Crippen molar-refractivity contribution in [2.75, 3.05) is 157 Å². The van der Waals surface area contributed by atoms with Crippen LogP contribution in [0, 0.1) is 0 Å². The van der Waals surface area contributed by atoms with Crippen molar-refractivity contribution in [3.63, 3.8) is 0 Å². The van der Waals surface area contributed by atoms with Gasteiger partial charge in [0.05, 0.1) is 157 Å². The molecule has 0 unspecified atom stereocenters. The summed E-state index contributed by atoms with van der Waals surface area (Å²) in [5.41, 5.74) is 0. The molecule has 0 aromatic rings. The van der Waals surface area contributed by atoms with E-state index in [0.717, 1.165) is 0 Å². The summed E-state index contributed by atoms with van der Waals surface area (Å²) in [5.74, 6) is 0. The summed E-state index contributed by atoms with van der Waals surface area (Å²) in [6, 6.07) is 0. The summed E-state index contributed by atoms with van der Waals surface area (Å²) in [4.78, 5) is 0. The minimum atomic E-state index is 0. The lowest BCUT2D eigenvalue weighted by molar-refractivity contribution is -0.929. The molecule has 0 aromatic heterocycles. The van der Waals surface area contributed by atoms with Gasteiger partial charge < -0.3 is 55.1 Å². The molecule has 0 aromatic carbocycles. The molecule has 12 heteroatoms. The Kier molecular flexibility index (Phi) is 127. The van der Waals surface area contributed by atoms with Crippen LogP contribution in [0.3, 0.4) is 0 Å². The Morgan fingerprint density at radius 2 is 0.120 bits per heavy atom. The van der Waals surface area contributed by atoms with Crippen LogP contribution in [0.2, 0.25) is 0 Å². The van der Waals surface area contributed by atoms with Crippen molar-refractivity contribution in [3.05, 3.63) is 0 Å². The van der Waals surface area contributed by atoms with E-state index in [9.17, 15) is 0 Å². The predicted molar refractivity (Wildman–Crippen MR) is 476 cm³/mol. The molecule has 0 fully saturated rings. The average Bonchev–Trinajstić information content (AvgIpc) is 0.926. The first-order valence-corrected chi connectivity index (χ1v) is 48.6. The highest BCUT2D eigenvalue weighted by Crippen LogP contribution is 2.23. The molecule has 108 heavy (non-hydrogen) atoms. The van der Waals surface area contributed by atoms with Crippen molar-refractivity contribution >= 4 is 0 Å². The minimum Gasteiger partial charge on any atom is -1.00 e. The maximum Gasteiger partial charge on any atom is 0.0786 e. The van der Waals surface area contributed by atoms with Crippen molar-refractivity contribution in [1.29, 1.82) is 0 Å². The van der Waals surface area contributed by atoms with Gasteiger partial charge in [-0.3, -0.25) is 0 Å². The molecule has 672 valence electrons. The van der Waals surface area contributed by atoms with Gasteiger partial charge in [-0.2, -0.15) is 0 Å². The Hall–Kier alpha value is -0.660. The zero-order chi connectivity index (χ0) is 77.9. The van der Waals surface area contributed by atoms with Crippen LogP contribution in [0.25, 0.3) is 0 Å². The number of nitrogens with zero attached hydrogens (tertiary/aromatic N) is 6. The number of halogens is 6. The van der Waals surface area contributed by atoms with Crippen molar-refractivity contribution in [2.45, 2.75) is 474 Å². The molecule has 0 amide bonds. The largest absolute Gasteiger partial charge is 1.00 e. The van der Waals surface area contributed by atoms with E-state index in [4.69, 9.17) is 0 Å². The highest BCUT2D eigenvalue weighted by Gasteiger charge is 2.30. The fraction of sp³-hybridized carbons (Fsp3) is 1.00. The van der Waals surface area contributed by atoms with Crippen molar-refractivity contribution in [3.8, 4) is 0 Å². The molecular formula is C96H216F6N6. The molecule has 6 nitrogen and oxygen atoms in total. The monoisotopic (exact) mass is 1570 g/mol. The highest BCUT2D eigenvalue weighted by molar-refractivity contribution is 4.56. The normalized spacial score (nSPS) is 11.3. The van der Waals surface area contributed by atoms with Gasteiger partial charge in [0.15, 0.2) is 0 Å². The van der Waals surface area contributed by atoms with E-state index in [1.807, 2.05) is 0 Å². The topological polar surface area (TPSA) is 0 Å². The lowest BCUT2D eigenvalue weighted by Gasteiger charge is -2.39. The maximum absolute atomic E-state index is 2.33. The van der Waals surface area contributed by atoms with Gasteiger partial charge in [0.25, 0.3) is 0 Å². The Bertz CT molecular complexity index is 1010. The van der Waals surface area contributed by atoms with E-state index < -0.39 is 0 Å². The second kappa shape index (κ2) is 102. The summed E-state index contributed by atoms with van der Waals surface area (Å²) >= 11 is 0. The number of hydrogen-bond donors (Lipinski definition) is 0. The zero-order valence-corrected chi connectivity index (χ0v) is 79.9. The van der Waals surface area contributed by atoms with Crippen LogP contribution in [-0.2, 0) is 0 Å². The molecule has 0 heterocycles. The quantitative estimate of drug-likeness (QED) is 0.0421. The van der Waals surface area contributed by atoms with Crippen molar-refractivity contribution in [1.82, 2.24) is 0 Å². The van der Waals surface area contributed by atoms with Gasteiger partial charge in [-0.1, -0.05) is 320 Å². The number of hydrogen-bond acceptors (Lipinski definition) is 0.